The van der Waals surface area contributed by atoms with Crippen molar-refractivity contribution in [2.75, 3.05) is 0 Å². The van der Waals surface area contributed by atoms with Crippen LogP contribution in [0.2, 0.25) is 0 Å². The molecule has 0 spiro atoms. The number of unbranched alkanes of at least 4 members (excludes halogenated alkanes) is 1. The second kappa shape index (κ2) is 6.93. The predicted octanol–water partition coefficient (Wildman–Crippen LogP) is 5.60. The molecule has 0 heterocycles. The van der Waals surface area contributed by atoms with Crippen LogP contribution in [0.5, 0.6) is 0 Å². The van der Waals surface area contributed by atoms with Crippen molar-refractivity contribution in [3.05, 3.63) is 60.2 Å². The molecule has 0 bridgehead atoms. The lowest BCUT2D eigenvalue weighted by Gasteiger charge is -2.18. The monoisotopic (exact) mass is 299 g/mol. The van der Waals surface area contributed by atoms with Gasteiger partial charge in [0.2, 0.25) is 0 Å². The third kappa shape index (κ3) is 3.04. The zero-order chi connectivity index (χ0) is 13.9. The van der Waals surface area contributed by atoms with Crippen LogP contribution in [0.4, 0.5) is 0 Å². The zero-order valence-electron chi connectivity index (χ0n) is 12.4. The van der Waals surface area contributed by atoms with Crippen LogP contribution in [0.3, 0.4) is 0 Å². The molecule has 0 saturated heterocycles. The molecule has 1 atom stereocenters. The second-order valence-electron chi connectivity index (χ2n) is 5.48. The molecule has 0 aliphatic heterocycles. The Morgan fingerprint density at radius 1 is 0.905 bits per heavy atom. The van der Waals surface area contributed by atoms with Crippen molar-refractivity contribution < 1.29 is 0 Å². The van der Waals surface area contributed by atoms with Gasteiger partial charge in [-0.15, -0.1) is 12.4 Å². The molecule has 0 amide bonds. The molecule has 0 aliphatic rings. The highest BCUT2D eigenvalue weighted by atomic mass is 35.5. The molecule has 2 N–H and O–H groups in total. The van der Waals surface area contributed by atoms with Crippen molar-refractivity contribution in [2.45, 2.75) is 32.2 Å². The van der Waals surface area contributed by atoms with Gasteiger partial charge in [0, 0.05) is 6.04 Å². The second-order valence-corrected chi connectivity index (χ2v) is 5.48. The average Bonchev–Trinajstić information content (AvgIpc) is 2.50. The van der Waals surface area contributed by atoms with Gasteiger partial charge in [0.25, 0.3) is 0 Å². The van der Waals surface area contributed by atoms with Gasteiger partial charge in [0.1, 0.15) is 0 Å². The average molecular weight is 300 g/mol. The summed E-state index contributed by atoms with van der Waals surface area (Å²) in [5, 5.41) is 5.17. The van der Waals surface area contributed by atoms with Gasteiger partial charge >= 0.3 is 0 Å². The summed E-state index contributed by atoms with van der Waals surface area (Å²) in [6.45, 7) is 2.22. The Kier molecular flexibility index (Phi) is 5.22. The highest BCUT2D eigenvalue weighted by molar-refractivity contribution is 6.02. The van der Waals surface area contributed by atoms with E-state index in [0.29, 0.717) is 0 Å². The van der Waals surface area contributed by atoms with Gasteiger partial charge in [-0.25, -0.2) is 0 Å². The molecule has 3 aromatic rings. The smallest absolute Gasteiger partial charge is 0.0307 e. The van der Waals surface area contributed by atoms with E-state index >= 15 is 0 Å². The molecule has 3 aromatic carbocycles. The van der Waals surface area contributed by atoms with Crippen LogP contribution in [0.25, 0.3) is 21.5 Å². The predicted molar refractivity (Wildman–Crippen MR) is 95.2 cm³/mol. The lowest BCUT2D eigenvalue weighted by Crippen LogP contribution is -2.11. The summed E-state index contributed by atoms with van der Waals surface area (Å²) in [6.07, 6.45) is 3.42. The molecule has 21 heavy (non-hydrogen) atoms. The summed E-state index contributed by atoms with van der Waals surface area (Å²) in [5.41, 5.74) is 7.83. The maximum absolute atomic E-state index is 6.51. The number of nitrogens with two attached hydrogens (primary N) is 1. The van der Waals surface area contributed by atoms with Gasteiger partial charge < -0.3 is 5.73 Å². The molecule has 0 unspecified atom stereocenters. The summed E-state index contributed by atoms with van der Waals surface area (Å²) >= 11 is 0. The van der Waals surface area contributed by atoms with E-state index in [1.54, 1.807) is 0 Å². The third-order valence-corrected chi connectivity index (χ3v) is 4.05. The van der Waals surface area contributed by atoms with Crippen molar-refractivity contribution in [3.8, 4) is 0 Å². The fourth-order valence-corrected chi connectivity index (χ4v) is 3.02. The van der Waals surface area contributed by atoms with Crippen molar-refractivity contribution in [3.63, 3.8) is 0 Å². The maximum atomic E-state index is 6.51. The fourth-order valence-electron chi connectivity index (χ4n) is 3.02. The molecule has 1 nitrogen and oxygen atoms in total. The van der Waals surface area contributed by atoms with Crippen LogP contribution in [-0.2, 0) is 0 Å². The lowest BCUT2D eigenvalue weighted by molar-refractivity contribution is 0.610. The normalized spacial score (nSPS) is 12.3. The van der Waals surface area contributed by atoms with Crippen LogP contribution in [0.15, 0.2) is 54.6 Å². The van der Waals surface area contributed by atoms with Gasteiger partial charge in [-0.05, 0) is 39.6 Å². The summed E-state index contributed by atoms with van der Waals surface area (Å²) < 4.78 is 0. The van der Waals surface area contributed by atoms with Crippen LogP contribution in [0.1, 0.15) is 37.8 Å². The molecule has 3 rings (SSSR count). The van der Waals surface area contributed by atoms with Crippen molar-refractivity contribution in [1.82, 2.24) is 0 Å². The number of fused-ring (bicyclic) bond motifs is 2. The van der Waals surface area contributed by atoms with E-state index in [2.05, 4.69) is 61.5 Å². The largest absolute Gasteiger partial charge is 0.324 e. The topological polar surface area (TPSA) is 26.0 Å². The van der Waals surface area contributed by atoms with E-state index in [4.69, 9.17) is 5.73 Å². The molecule has 0 radical (unpaired) electrons. The van der Waals surface area contributed by atoms with E-state index in [-0.39, 0.29) is 18.4 Å². The highest BCUT2D eigenvalue weighted by Gasteiger charge is 2.13. The van der Waals surface area contributed by atoms with Crippen molar-refractivity contribution in [1.29, 1.82) is 0 Å². The third-order valence-electron chi connectivity index (χ3n) is 4.05. The minimum atomic E-state index is 0. The number of halogens is 1. The Hall–Kier alpha value is -1.57. The van der Waals surface area contributed by atoms with Gasteiger partial charge in [-0.1, -0.05) is 68.3 Å². The van der Waals surface area contributed by atoms with E-state index in [0.717, 1.165) is 6.42 Å². The first-order valence-electron chi connectivity index (χ1n) is 7.47. The summed E-state index contributed by atoms with van der Waals surface area (Å²) in [4.78, 5) is 0. The first-order chi connectivity index (χ1) is 9.81. The Morgan fingerprint density at radius 2 is 1.43 bits per heavy atom. The minimum absolute atomic E-state index is 0. The first kappa shape index (κ1) is 15.8. The standard InChI is InChI=1S/C19H21N.ClH/c1-2-3-12-18(20)19-16-10-6-4-8-14(16)13-15-9-5-7-11-17(15)19;/h4-11,13,18H,2-3,12,20H2,1H3;1H/t18-;/m0./s1. The molecule has 0 fully saturated rings. The number of benzene rings is 3. The van der Waals surface area contributed by atoms with E-state index in [1.807, 2.05) is 0 Å². The number of hydrogen-bond acceptors (Lipinski definition) is 1. The Balaban J connectivity index is 0.00000161. The SMILES string of the molecule is CCCC[C@H](N)c1c2ccccc2cc2ccccc12.Cl. The summed E-state index contributed by atoms with van der Waals surface area (Å²) in [7, 11) is 0. The number of rotatable bonds is 4. The maximum Gasteiger partial charge on any atom is 0.0307 e. The molecule has 110 valence electrons. The number of hydrogen-bond donors (Lipinski definition) is 1. The van der Waals surface area contributed by atoms with Crippen LogP contribution in [0, 0.1) is 0 Å². The van der Waals surface area contributed by atoms with Crippen LogP contribution >= 0.6 is 12.4 Å². The minimum Gasteiger partial charge on any atom is -0.324 e. The summed E-state index contributed by atoms with van der Waals surface area (Å²) in [5.74, 6) is 0. The molecular formula is C19H22ClN. The molecular weight excluding hydrogens is 278 g/mol. The van der Waals surface area contributed by atoms with E-state index in [9.17, 15) is 0 Å². The van der Waals surface area contributed by atoms with Gasteiger partial charge in [-0.3, -0.25) is 0 Å². The lowest BCUT2D eigenvalue weighted by atomic mass is 9.90. The van der Waals surface area contributed by atoms with E-state index < -0.39 is 0 Å². The first-order valence-corrected chi connectivity index (χ1v) is 7.47. The van der Waals surface area contributed by atoms with Crippen LogP contribution in [-0.4, -0.2) is 0 Å². The van der Waals surface area contributed by atoms with Gasteiger partial charge in [0.15, 0.2) is 0 Å². The Bertz CT molecular complexity index is 682. The van der Waals surface area contributed by atoms with E-state index in [1.165, 1.54) is 39.9 Å². The molecule has 2 heteroatoms. The van der Waals surface area contributed by atoms with Crippen LogP contribution < -0.4 is 5.73 Å². The van der Waals surface area contributed by atoms with Crippen molar-refractivity contribution >= 4 is 34.0 Å². The summed E-state index contributed by atoms with van der Waals surface area (Å²) in [6, 6.07) is 19.5. The molecule has 0 aliphatic carbocycles. The molecule has 0 aromatic heterocycles. The quantitative estimate of drug-likeness (QED) is 0.623. The Morgan fingerprint density at radius 3 is 1.95 bits per heavy atom. The Labute approximate surface area is 132 Å². The fraction of sp³-hybridized carbons (Fsp3) is 0.263. The van der Waals surface area contributed by atoms with Crippen molar-refractivity contribution in [2.24, 2.45) is 5.73 Å². The molecule has 0 saturated carbocycles. The van der Waals surface area contributed by atoms with Gasteiger partial charge in [0.05, 0.1) is 0 Å². The van der Waals surface area contributed by atoms with Gasteiger partial charge in [-0.2, -0.15) is 0 Å². The highest BCUT2D eigenvalue weighted by Crippen LogP contribution is 2.33. The zero-order valence-corrected chi connectivity index (χ0v) is 13.2.